The number of rotatable bonds is 4. The Morgan fingerprint density at radius 3 is 3.00 bits per heavy atom. The van der Waals surface area contributed by atoms with E-state index in [4.69, 9.17) is 4.74 Å². The zero-order chi connectivity index (χ0) is 13.1. The van der Waals surface area contributed by atoms with E-state index in [1.54, 1.807) is 29.7 Å². The summed E-state index contributed by atoms with van der Waals surface area (Å²) in [6.45, 7) is 2.30. The monoisotopic (exact) mass is 249 g/mol. The summed E-state index contributed by atoms with van der Waals surface area (Å²) in [5.74, 6) is 0.386. The minimum Gasteiger partial charge on any atom is -0.465 e. The van der Waals surface area contributed by atoms with Gasteiger partial charge in [-0.2, -0.15) is 5.10 Å². The van der Waals surface area contributed by atoms with Crippen molar-refractivity contribution < 1.29 is 9.53 Å². The number of likely N-dealkylation sites (N-methyl/N-ethyl adjacent to an activating group) is 1. The molecular formula is C11H15N5O2. The van der Waals surface area contributed by atoms with Crippen molar-refractivity contribution in [3.05, 3.63) is 12.5 Å². The molecule has 7 nitrogen and oxygen atoms in total. The van der Waals surface area contributed by atoms with Crippen LogP contribution in [0.5, 0.6) is 0 Å². The Hall–Kier alpha value is -2.18. The summed E-state index contributed by atoms with van der Waals surface area (Å²) in [6.07, 6.45) is 3.15. The highest BCUT2D eigenvalue weighted by Gasteiger charge is 2.14. The minimum absolute atomic E-state index is 0.148. The Morgan fingerprint density at radius 1 is 1.50 bits per heavy atom. The summed E-state index contributed by atoms with van der Waals surface area (Å²) in [4.78, 5) is 21.5. The first kappa shape index (κ1) is 12.3. The molecule has 0 aliphatic carbocycles. The molecule has 0 aromatic carbocycles. The third-order valence-electron chi connectivity index (χ3n) is 2.54. The molecule has 0 N–H and O–H groups in total. The van der Waals surface area contributed by atoms with Crippen molar-refractivity contribution in [2.24, 2.45) is 7.05 Å². The second kappa shape index (κ2) is 4.99. The molecule has 0 amide bonds. The van der Waals surface area contributed by atoms with Crippen molar-refractivity contribution >= 4 is 22.8 Å². The van der Waals surface area contributed by atoms with E-state index < -0.39 is 0 Å². The van der Waals surface area contributed by atoms with E-state index in [-0.39, 0.29) is 12.5 Å². The highest BCUT2D eigenvalue weighted by Crippen LogP contribution is 2.20. The third kappa shape index (κ3) is 2.24. The van der Waals surface area contributed by atoms with Gasteiger partial charge >= 0.3 is 5.97 Å². The smallest absolute Gasteiger partial charge is 0.325 e. The molecule has 96 valence electrons. The number of anilines is 1. The van der Waals surface area contributed by atoms with Crippen molar-refractivity contribution in [2.45, 2.75) is 6.92 Å². The van der Waals surface area contributed by atoms with Gasteiger partial charge in [0.2, 0.25) is 0 Å². The summed E-state index contributed by atoms with van der Waals surface area (Å²) in [5.41, 5.74) is 0.732. The van der Waals surface area contributed by atoms with Crippen molar-refractivity contribution in [2.75, 3.05) is 25.1 Å². The van der Waals surface area contributed by atoms with Crippen LogP contribution < -0.4 is 4.90 Å². The molecule has 0 aliphatic heterocycles. The molecule has 18 heavy (non-hydrogen) atoms. The number of nitrogens with zero attached hydrogens (tertiary/aromatic N) is 5. The maximum atomic E-state index is 11.4. The van der Waals surface area contributed by atoms with Crippen LogP contribution in [-0.2, 0) is 16.6 Å². The Bertz CT molecular complexity index is 566. The number of carbonyl (C=O) groups is 1. The van der Waals surface area contributed by atoms with E-state index in [2.05, 4.69) is 15.1 Å². The number of carbonyl (C=O) groups excluding carboxylic acids is 1. The van der Waals surface area contributed by atoms with Gasteiger partial charge in [0, 0.05) is 14.1 Å². The van der Waals surface area contributed by atoms with Gasteiger partial charge < -0.3 is 9.64 Å². The predicted octanol–water partition coefficient (Wildman–Crippen LogP) is 0.363. The molecule has 0 atom stereocenters. The molecule has 0 saturated heterocycles. The van der Waals surface area contributed by atoms with Gasteiger partial charge in [0.25, 0.3) is 0 Å². The lowest BCUT2D eigenvalue weighted by molar-refractivity contribution is -0.141. The van der Waals surface area contributed by atoms with Crippen LogP contribution in [0.3, 0.4) is 0 Å². The fourth-order valence-electron chi connectivity index (χ4n) is 1.73. The molecule has 0 spiro atoms. The highest BCUT2D eigenvalue weighted by molar-refractivity contribution is 5.88. The van der Waals surface area contributed by atoms with Crippen LogP contribution in [0.2, 0.25) is 0 Å². The Labute approximate surface area is 104 Å². The summed E-state index contributed by atoms with van der Waals surface area (Å²) in [7, 11) is 3.59. The lowest BCUT2D eigenvalue weighted by Gasteiger charge is -2.17. The van der Waals surface area contributed by atoms with Crippen LogP contribution in [-0.4, -0.2) is 45.9 Å². The fourth-order valence-corrected chi connectivity index (χ4v) is 1.73. The zero-order valence-corrected chi connectivity index (χ0v) is 10.6. The predicted molar refractivity (Wildman–Crippen MR) is 66.2 cm³/mol. The molecule has 2 aromatic rings. The van der Waals surface area contributed by atoms with Crippen LogP contribution >= 0.6 is 0 Å². The summed E-state index contributed by atoms with van der Waals surface area (Å²) in [5, 5.41) is 4.94. The minimum atomic E-state index is -0.282. The van der Waals surface area contributed by atoms with Crippen molar-refractivity contribution in [3.8, 4) is 0 Å². The van der Waals surface area contributed by atoms with Gasteiger partial charge in [0.1, 0.15) is 18.7 Å². The lowest BCUT2D eigenvalue weighted by Crippen LogP contribution is -2.28. The van der Waals surface area contributed by atoms with Crippen LogP contribution in [0.15, 0.2) is 12.5 Å². The molecule has 0 aliphatic rings. The van der Waals surface area contributed by atoms with E-state index >= 15 is 0 Å². The average Bonchev–Trinajstić information content (AvgIpc) is 2.71. The normalized spacial score (nSPS) is 10.6. The zero-order valence-electron chi connectivity index (χ0n) is 10.6. The van der Waals surface area contributed by atoms with E-state index in [9.17, 15) is 4.79 Å². The third-order valence-corrected chi connectivity index (χ3v) is 2.54. The van der Waals surface area contributed by atoms with E-state index in [0.717, 1.165) is 11.0 Å². The second-order valence-corrected chi connectivity index (χ2v) is 3.86. The SMILES string of the molecule is CCOC(=O)CN(C)c1ncnc2c1cnn2C. The average molecular weight is 249 g/mol. The maximum absolute atomic E-state index is 11.4. The Kier molecular flexibility index (Phi) is 3.40. The number of hydrogen-bond donors (Lipinski definition) is 0. The summed E-state index contributed by atoms with van der Waals surface area (Å²) in [6, 6.07) is 0. The van der Waals surface area contributed by atoms with Gasteiger partial charge in [-0.05, 0) is 6.92 Å². The van der Waals surface area contributed by atoms with Crippen molar-refractivity contribution in [3.63, 3.8) is 0 Å². The van der Waals surface area contributed by atoms with Crippen LogP contribution in [0.1, 0.15) is 6.92 Å². The number of aromatic nitrogens is 4. The van der Waals surface area contributed by atoms with Crippen LogP contribution in [0.25, 0.3) is 11.0 Å². The van der Waals surface area contributed by atoms with Crippen molar-refractivity contribution in [1.82, 2.24) is 19.7 Å². The highest BCUT2D eigenvalue weighted by atomic mass is 16.5. The molecule has 0 fully saturated rings. The molecule has 0 radical (unpaired) electrons. The van der Waals surface area contributed by atoms with E-state index in [1.165, 1.54) is 6.33 Å². The van der Waals surface area contributed by atoms with E-state index in [1.807, 2.05) is 7.05 Å². The molecule has 7 heteroatoms. The molecule has 0 bridgehead atoms. The molecule has 2 aromatic heterocycles. The van der Waals surface area contributed by atoms with Gasteiger partial charge in [0.05, 0.1) is 18.2 Å². The fraction of sp³-hybridized carbons (Fsp3) is 0.455. The first-order chi connectivity index (χ1) is 8.63. The molecule has 2 rings (SSSR count). The van der Waals surface area contributed by atoms with Gasteiger partial charge in [-0.1, -0.05) is 0 Å². The topological polar surface area (TPSA) is 73.1 Å². The molecule has 0 saturated carbocycles. The molecule has 0 unspecified atom stereocenters. The molecule has 2 heterocycles. The van der Waals surface area contributed by atoms with Crippen molar-refractivity contribution in [1.29, 1.82) is 0 Å². The second-order valence-electron chi connectivity index (χ2n) is 3.86. The lowest BCUT2D eigenvalue weighted by atomic mass is 10.3. The largest absolute Gasteiger partial charge is 0.465 e. The number of aryl methyl sites for hydroxylation is 1. The van der Waals surface area contributed by atoms with Gasteiger partial charge in [0.15, 0.2) is 5.65 Å². The maximum Gasteiger partial charge on any atom is 0.325 e. The number of esters is 1. The van der Waals surface area contributed by atoms with Crippen LogP contribution in [0, 0.1) is 0 Å². The number of fused-ring (bicyclic) bond motifs is 1. The van der Waals surface area contributed by atoms with E-state index in [0.29, 0.717) is 12.4 Å². The number of hydrogen-bond acceptors (Lipinski definition) is 6. The van der Waals surface area contributed by atoms with Crippen LogP contribution in [0.4, 0.5) is 5.82 Å². The summed E-state index contributed by atoms with van der Waals surface area (Å²) < 4.78 is 6.57. The Morgan fingerprint density at radius 2 is 2.28 bits per heavy atom. The molecular weight excluding hydrogens is 234 g/mol. The standard InChI is InChI=1S/C11H15N5O2/c1-4-18-9(17)6-15(2)10-8-5-14-16(3)11(8)13-7-12-10/h5,7H,4,6H2,1-3H3. The quantitative estimate of drug-likeness (QED) is 0.728. The Balaban J connectivity index is 2.27. The first-order valence-corrected chi connectivity index (χ1v) is 5.63. The first-order valence-electron chi connectivity index (χ1n) is 5.63. The van der Waals surface area contributed by atoms with Gasteiger partial charge in [-0.25, -0.2) is 9.97 Å². The number of ether oxygens (including phenoxy) is 1. The van der Waals surface area contributed by atoms with Gasteiger partial charge in [-0.3, -0.25) is 9.48 Å². The van der Waals surface area contributed by atoms with Gasteiger partial charge in [-0.15, -0.1) is 0 Å². The summed E-state index contributed by atoms with van der Waals surface area (Å²) >= 11 is 0.